The summed E-state index contributed by atoms with van der Waals surface area (Å²) < 4.78 is 16.4. The molecule has 0 saturated carbocycles. The molecule has 1 unspecified atom stereocenters. The number of rotatable bonds is 11. The fraction of sp³-hybridized carbons (Fsp3) is 0.333. The number of carbonyl (C=O) groups excluding carboxylic acids is 1. The van der Waals surface area contributed by atoms with Crippen molar-refractivity contribution in [3.8, 4) is 16.9 Å². The van der Waals surface area contributed by atoms with Crippen LogP contribution < -0.4 is 10.1 Å². The molecule has 0 saturated heterocycles. The summed E-state index contributed by atoms with van der Waals surface area (Å²) >= 11 is 6.33. The quantitative estimate of drug-likeness (QED) is 0.349. The van der Waals surface area contributed by atoms with E-state index >= 15 is 0 Å². The summed E-state index contributed by atoms with van der Waals surface area (Å²) in [6, 6.07) is 12.4. The monoisotopic (exact) mass is 499 g/mol. The summed E-state index contributed by atoms with van der Waals surface area (Å²) in [6.45, 7) is 7.62. The molecule has 0 aliphatic carbocycles. The summed E-state index contributed by atoms with van der Waals surface area (Å²) in [4.78, 5) is 24.5. The van der Waals surface area contributed by atoms with Crippen LogP contribution in [0.4, 0.5) is 0 Å². The van der Waals surface area contributed by atoms with Gasteiger partial charge < -0.3 is 24.3 Å². The molecule has 186 valence electrons. The van der Waals surface area contributed by atoms with Gasteiger partial charge in [-0.2, -0.15) is 0 Å². The Balaban J connectivity index is 1.82. The van der Waals surface area contributed by atoms with E-state index in [4.69, 9.17) is 25.5 Å². The Hall–Kier alpha value is -3.29. The average Bonchev–Trinajstić information content (AvgIpc) is 3.31. The summed E-state index contributed by atoms with van der Waals surface area (Å²) in [5, 5.41) is 12.7. The number of halogens is 1. The minimum Gasteiger partial charge on any atom is -0.491 e. The molecule has 7 nitrogen and oxygen atoms in total. The van der Waals surface area contributed by atoms with E-state index in [9.17, 15) is 14.7 Å². The first kappa shape index (κ1) is 26.3. The summed E-state index contributed by atoms with van der Waals surface area (Å²) in [5.41, 5.74) is 3.64. The molecule has 2 N–H and O–H groups in total. The summed E-state index contributed by atoms with van der Waals surface area (Å²) in [6.07, 6.45) is 2.19. The van der Waals surface area contributed by atoms with Crippen molar-refractivity contribution < 1.29 is 28.6 Å². The van der Waals surface area contributed by atoms with Gasteiger partial charge in [-0.05, 0) is 68.7 Å². The van der Waals surface area contributed by atoms with Gasteiger partial charge in [0.05, 0.1) is 35.3 Å². The topological polar surface area (TPSA) is 98.0 Å². The van der Waals surface area contributed by atoms with Crippen LogP contribution in [0.2, 0.25) is 5.02 Å². The van der Waals surface area contributed by atoms with E-state index in [1.807, 2.05) is 38.1 Å². The number of carbonyl (C=O) groups is 2. The molecule has 1 aromatic heterocycles. The number of ether oxygens (including phenoxy) is 2. The second-order valence-electron chi connectivity index (χ2n) is 8.71. The highest BCUT2D eigenvalue weighted by Crippen LogP contribution is 2.27. The van der Waals surface area contributed by atoms with E-state index in [-0.39, 0.29) is 31.1 Å². The fourth-order valence-corrected chi connectivity index (χ4v) is 3.91. The Morgan fingerprint density at radius 2 is 1.83 bits per heavy atom. The van der Waals surface area contributed by atoms with Crippen LogP contribution >= 0.6 is 11.6 Å². The van der Waals surface area contributed by atoms with Gasteiger partial charge in [-0.3, -0.25) is 4.79 Å². The number of carboxylic acids is 1. The second kappa shape index (κ2) is 11.9. The molecule has 0 spiro atoms. The third kappa shape index (κ3) is 7.34. The zero-order valence-electron chi connectivity index (χ0n) is 20.2. The van der Waals surface area contributed by atoms with Gasteiger partial charge in [0.15, 0.2) is 6.10 Å². The Morgan fingerprint density at radius 1 is 1.06 bits per heavy atom. The lowest BCUT2D eigenvalue weighted by Gasteiger charge is -2.18. The fourth-order valence-electron chi connectivity index (χ4n) is 3.65. The Bertz CT molecular complexity index is 1160. The lowest BCUT2D eigenvalue weighted by Crippen LogP contribution is -2.29. The van der Waals surface area contributed by atoms with E-state index in [0.29, 0.717) is 16.3 Å². The standard InChI is InChI=1S/C27H30ClNO6/c1-16(2)34-21-6-8-23(24(28)13-21)26(30)29-14-20-11-18(12-25(27(31)32)35-17(3)4)5-7-22(20)19-9-10-33-15-19/h5-11,13,15-17,25H,12,14H2,1-4H3,(H,29,30)(H,31,32). The van der Waals surface area contributed by atoms with Gasteiger partial charge in [-0.1, -0.05) is 29.8 Å². The van der Waals surface area contributed by atoms with Gasteiger partial charge in [0.25, 0.3) is 5.91 Å². The lowest BCUT2D eigenvalue weighted by molar-refractivity contribution is -0.153. The first-order chi connectivity index (χ1) is 16.6. The van der Waals surface area contributed by atoms with E-state index in [1.165, 1.54) is 0 Å². The molecule has 0 bridgehead atoms. The molecular formula is C27H30ClNO6. The maximum absolute atomic E-state index is 12.9. The molecule has 0 fully saturated rings. The van der Waals surface area contributed by atoms with E-state index < -0.39 is 12.1 Å². The number of hydrogen-bond acceptors (Lipinski definition) is 5. The maximum atomic E-state index is 12.9. The van der Waals surface area contributed by atoms with Crippen molar-refractivity contribution in [2.24, 2.45) is 0 Å². The first-order valence-corrected chi connectivity index (χ1v) is 11.8. The Labute approximate surface area is 210 Å². The zero-order chi connectivity index (χ0) is 25.5. The van der Waals surface area contributed by atoms with Crippen LogP contribution in [0.25, 0.3) is 11.1 Å². The highest BCUT2D eigenvalue weighted by atomic mass is 35.5. The van der Waals surface area contributed by atoms with Crippen molar-refractivity contribution in [2.45, 2.75) is 59.0 Å². The third-order valence-electron chi connectivity index (χ3n) is 5.13. The van der Waals surface area contributed by atoms with Crippen molar-refractivity contribution in [1.82, 2.24) is 5.32 Å². The number of aliphatic carboxylic acids is 1. The van der Waals surface area contributed by atoms with Crippen LogP contribution in [-0.2, 0) is 22.5 Å². The second-order valence-corrected chi connectivity index (χ2v) is 9.12. The maximum Gasteiger partial charge on any atom is 0.333 e. The Morgan fingerprint density at radius 3 is 2.43 bits per heavy atom. The number of furan rings is 1. The number of benzene rings is 2. The molecule has 0 aliphatic rings. The molecule has 35 heavy (non-hydrogen) atoms. The molecule has 1 atom stereocenters. The van der Waals surface area contributed by atoms with Crippen LogP contribution in [0, 0.1) is 0 Å². The van der Waals surface area contributed by atoms with Gasteiger partial charge in [-0.25, -0.2) is 4.79 Å². The predicted molar refractivity (Wildman–Crippen MR) is 134 cm³/mol. The van der Waals surface area contributed by atoms with Crippen LogP contribution in [0.3, 0.4) is 0 Å². The van der Waals surface area contributed by atoms with Gasteiger partial charge in [-0.15, -0.1) is 0 Å². The Kier molecular flexibility index (Phi) is 8.95. The normalized spacial score (nSPS) is 12.1. The van der Waals surface area contributed by atoms with Crippen LogP contribution in [-0.4, -0.2) is 35.3 Å². The molecule has 0 radical (unpaired) electrons. The smallest absolute Gasteiger partial charge is 0.333 e. The number of hydrogen-bond donors (Lipinski definition) is 2. The van der Waals surface area contributed by atoms with Crippen molar-refractivity contribution in [3.63, 3.8) is 0 Å². The predicted octanol–water partition coefficient (Wildman–Crippen LogP) is 5.74. The van der Waals surface area contributed by atoms with E-state index in [1.54, 1.807) is 44.6 Å². The van der Waals surface area contributed by atoms with Crippen LogP contribution in [0.1, 0.15) is 49.2 Å². The first-order valence-electron chi connectivity index (χ1n) is 11.4. The highest BCUT2D eigenvalue weighted by Gasteiger charge is 2.21. The van der Waals surface area contributed by atoms with Crippen molar-refractivity contribution >= 4 is 23.5 Å². The molecule has 3 rings (SSSR count). The molecule has 0 aliphatic heterocycles. The summed E-state index contributed by atoms with van der Waals surface area (Å²) in [5.74, 6) is -0.763. The van der Waals surface area contributed by atoms with Crippen LogP contribution in [0.15, 0.2) is 59.4 Å². The molecule has 1 heterocycles. The van der Waals surface area contributed by atoms with E-state index in [2.05, 4.69) is 5.32 Å². The average molecular weight is 500 g/mol. The van der Waals surface area contributed by atoms with Gasteiger partial charge in [0, 0.05) is 18.5 Å². The lowest BCUT2D eigenvalue weighted by atomic mass is 9.96. The van der Waals surface area contributed by atoms with Gasteiger partial charge in [0.1, 0.15) is 5.75 Å². The minimum atomic E-state index is -1.02. The molecular weight excluding hydrogens is 470 g/mol. The van der Waals surface area contributed by atoms with Crippen molar-refractivity contribution in [1.29, 1.82) is 0 Å². The van der Waals surface area contributed by atoms with Crippen LogP contribution in [0.5, 0.6) is 5.75 Å². The van der Waals surface area contributed by atoms with Crippen molar-refractivity contribution in [2.75, 3.05) is 0 Å². The van der Waals surface area contributed by atoms with Gasteiger partial charge in [0.2, 0.25) is 0 Å². The molecule has 8 heteroatoms. The SMILES string of the molecule is CC(C)Oc1ccc(C(=O)NCc2cc(CC(OC(C)C)C(=O)O)ccc2-c2ccoc2)c(Cl)c1. The molecule has 3 aromatic rings. The largest absolute Gasteiger partial charge is 0.491 e. The number of amides is 1. The van der Waals surface area contributed by atoms with Crippen molar-refractivity contribution in [3.05, 3.63) is 76.7 Å². The summed E-state index contributed by atoms with van der Waals surface area (Å²) in [7, 11) is 0. The number of nitrogens with one attached hydrogen (secondary N) is 1. The zero-order valence-corrected chi connectivity index (χ0v) is 21.0. The minimum absolute atomic E-state index is 0.00831. The third-order valence-corrected chi connectivity index (χ3v) is 5.44. The molecule has 2 aromatic carbocycles. The van der Waals surface area contributed by atoms with Gasteiger partial charge >= 0.3 is 5.97 Å². The molecule has 1 amide bonds. The highest BCUT2D eigenvalue weighted by molar-refractivity contribution is 6.34. The van der Waals surface area contributed by atoms with E-state index in [0.717, 1.165) is 22.3 Å². The number of carboxylic acid groups (broad SMARTS) is 1.